The van der Waals surface area contributed by atoms with Gasteiger partial charge < -0.3 is 25.3 Å². The first-order valence-electron chi connectivity index (χ1n) is 12.7. The molecule has 0 spiro atoms. The van der Waals surface area contributed by atoms with Crippen LogP contribution in [0.25, 0.3) is 0 Å². The summed E-state index contributed by atoms with van der Waals surface area (Å²) in [6, 6.07) is 4.96. The van der Waals surface area contributed by atoms with Crippen LogP contribution in [0.5, 0.6) is 0 Å². The van der Waals surface area contributed by atoms with E-state index in [-0.39, 0.29) is 5.91 Å². The Labute approximate surface area is 205 Å². The summed E-state index contributed by atoms with van der Waals surface area (Å²) in [6.45, 7) is 14.9. The van der Waals surface area contributed by atoms with Crippen molar-refractivity contribution in [3.63, 3.8) is 0 Å². The summed E-state index contributed by atoms with van der Waals surface area (Å²) in [4.78, 5) is 20.7. The SMILES string of the molecule is C=C1NC(C)=CC(C)=C1CNC(=O)c1cc(N2CCN(C)CC2)cc(N(C)C2CCCC2)c1C. The lowest BCUT2D eigenvalue weighted by Crippen LogP contribution is -2.44. The highest BCUT2D eigenvalue weighted by Gasteiger charge is 2.25. The standard InChI is InChI=1S/C28H41N5O/c1-19-15-20(2)30-22(4)26(19)18-29-28(34)25-16-24(33-13-11-31(5)12-14-33)17-27(21(25)3)32(6)23-9-7-8-10-23/h15-17,23,30H,4,7-14,18H2,1-3,5-6H3,(H,29,34). The third kappa shape index (κ3) is 5.17. The molecule has 1 amide bonds. The lowest BCUT2D eigenvalue weighted by Gasteiger charge is -2.36. The van der Waals surface area contributed by atoms with Gasteiger partial charge in [0.05, 0.1) is 0 Å². The molecule has 0 unspecified atom stereocenters. The number of allylic oxidation sites excluding steroid dienone is 3. The van der Waals surface area contributed by atoms with Crippen molar-refractivity contribution in [1.82, 2.24) is 15.5 Å². The predicted molar refractivity (Wildman–Crippen MR) is 143 cm³/mol. The van der Waals surface area contributed by atoms with E-state index in [1.54, 1.807) is 0 Å². The molecule has 3 aliphatic rings. The molecule has 1 saturated carbocycles. The molecule has 1 aromatic rings. The predicted octanol–water partition coefficient (Wildman–Crippen LogP) is 4.19. The van der Waals surface area contributed by atoms with Crippen LogP contribution in [0.2, 0.25) is 0 Å². The van der Waals surface area contributed by atoms with Crippen LogP contribution in [0.1, 0.15) is 55.5 Å². The summed E-state index contributed by atoms with van der Waals surface area (Å²) in [5.74, 6) is -0.0195. The van der Waals surface area contributed by atoms with Gasteiger partial charge in [-0.1, -0.05) is 19.4 Å². The Balaban J connectivity index is 1.62. The zero-order chi connectivity index (χ0) is 24.4. The number of piperazine rings is 1. The number of benzene rings is 1. The highest BCUT2D eigenvalue weighted by Crippen LogP contribution is 2.34. The van der Waals surface area contributed by atoms with Crippen molar-refractivity contribution in [2.45, 2.75) is 52.5 Å². The van der Waals surface area contributed by atoms with E-state index in [1.165, 1.54) is 31.4 Å². The van der Waals surface area contributed by atoms with E-state index in [1.807, 2.05) is 6.92 Å². The summed E-state index contributed by atoms with van der Waals surface area (Å²) in [7, 11) is 4.38. The fourth-order valence-corrected chi connectivity index (χ4v) is 5.53. The number of anilines is 2. The Kier molecular flexibility index (Phi) is 7.36. The van der Waals surface area contributed by atoms with E-state index in [4.69, 9.17) is 0 Å². The lowest BCUT2D eigenvalue weighted by atomic mass is 10.00. The normalized spacial score (nSPS) is 19.9. The Morgan fingerprint density at radius 2 is 1.82 bits per heavy atom. The number of nitrogens with zero attached hydrogens (tertiary/aromatic N) is 3. The number of amides is 1. The monoisotopic (exact) mass is 463 g/mol. The molecule has 0 atom stereocenters. The van der Waals surface area contributed by atoms with E-state index in [2.05, 4.69) is 78.1 Å². The largest absolute Gasteiger partial charge is 0.371 e. The smallest absolute Gasteiger partial charge is 0.251 e. The minimum absolute atomic E-state index is 0.0195. The minimum Gasteiger partial charge on any atom is -0.371 e. The van der Waals surface area contributed by atoms with Crippen LogP contribution in [0.3, 0.4) is 0 Å². The number of carbonyl (C=O) groups excluding carboxylic acids is 1. The molecule has 0 bridgehead atoms. The van der Waals surface area contributed by atoms with Gasteiger partial charge in [0.1, 0.15) is 0 Å². The molecule has 1 aromatic carbocycles. The molecule has 1 saturated heterocycles. The second kappa shape index (κ2) is 10.3. The van der Waals surface area contributed by atoms with Crippen molar-refractivity contribution >= 4 is 17.3 Å². The maximum Gasteiger partial charge on any atom is 0.251 e. The van der Waals surface area contributed by atoms with Crippen molar-refractivity contribution in [3.05, 3.63) is 58.5 Å². The van der Waals surface area contributed by atoms with Crippen LogP contribution in [0.15, 0.2) is 47.3 Å². The molecule has 2 aliphatic heterocycles. The minimum atomic E-state index is -0.0195. The molecule has 34 heavy (non-hydrogen) atoms. The second-order valence-electron chi connectivity index (χ2n) is 10.3. The molecule has 2 N–H and O–H groups in total. The van der Waals surface area contributed by atoms with E-state index in [9.17, 15) is 4.79 Å². The van der Waals surface area contributed by atoms with Crippen molar-refractivity contribution in [2.24, 2.45) is 0 Å². The van der Waals surface area contributed by atoms with Gasteiger partial charge in [0.2, 0.25) is 0 Å². The molecule has 4 rings (SSSR count). The van der Waals surface area contributed by atoms with Crippen molar-refractivity contribution in [3.8, 4) is 0 Å². The highest BCUT2D eigenvalue weighted by molar-refractivity contribution is 5.98. The number of nitrogens with one attached hydrogen (secondary N) is 2. The van der Waals surface area contributed by atoms with Crippen LogP contribution < -0.4 is 20.4 Å². The summed E-state index contributed by atoms with van der Waals surface area (Å²) in [5, 5.41) is 6.47. The van der Waals surface area contributed by atoms with E-state index in [0.29, 0.717) is 12.6 Å². The van der Waals surface area contributed by atoms with E-state index < -0.39 is 0 Å². The Hall–Kier alpha value is -2.73. The van der Waals surface area contributed by atoms with Gasteiger partial charge in [-0.3, -0.25) is 4.79 Å². The average molecular weight is 464 g/mol. The summed E-state index contributed by atoms with van der Waals surface area (Å²) < 4.78 is 0. The first-order chi connectivity index (χ1) is 16.2. The van der Waals surface area contributed by atoms with Gasteiger partial charge in [-0.05, 0) is 75.6 Å². The molecule has 6 heteroatoms. The zero-order valence-electron chi connectivity index (χ0n) is 21.6. The van der Waals surface area contributed by atoms with Gasteiger partial charge in [0, 0.05) is 74.1 Å². The third-order valence-electron chi connectivity index (χ3n) is 7.78. The maximum atomic E-state index is 13.5. The lowest BCUT2D eigenvalue weighted by molar-refractivity contribution is 0.0956. The molecule has 1 aliphatic carbocycles. The summed E-state index contributed by atoms with van der Waals surface area (Å²) >= 11 is 0. The maximum absolute atomic E-state index is 13.5. The van der Waals surface area contributed by atoms with Crippen LogP contribution >= 0.6 is 0 Å². The van der Waals surface area contributed by atoms with Gasteiger partial charge in [-0.15, -0.1) is 0 Å². The van der Waals surface area contributed by atoms with Crippen LogP contribution in [-0.4, -0.2) is 63.7 Å². The molecular formula is C28H41N5O. The van der Waals surface area contributed by atoms with Crippen LogP contribution in [-0.2, 0) is 0 Å². The fraction of sp³-hybridized carbons (Fsp3) is 0.536. The molecule has 2 heterocycles. The van der Waals surface area contributed by atoms with Crippen molar-refractivity contribution in [1.29, 1.82) is 0 Å². The zero-order valence-corrected chi connectivity index (χ0v) is 21.6. The average Bonchev–Trinajstić information content (AvgIpc) is 3.33. The number of hydrogen-bond donors (Lipinski definition) is 2. The molecule has 0 radical (unpaired) electrons. The van der Waals surface area contributed by atoms with E-state index in [0.717, 1.165) is 65.5 Å². The van der Waals surface area contributed by atoms with Gasteiger partial charge in [-0.2, -0.15) is 0 Å². The van der Waals surface area contributed by atoms with Gasteiger partial charge in [-0.25, -0.2) is 0 Å². The highest BCUT2D eigenvalue weighted by atomic mass is 16.1. The van der Waals surface area contributed by atoms with E-state index >= 15 is 0 Å². The Bertz CT molecular complexity index is 1010. The molecule has 2 fully saturated rings. The van der Waals surface area contributed by atoms with Crippen molar-refractivity contribution in [2.75, 3.05) is 56.6 Å². The molecule has 6 nitrogen and oxygen atoms in total. The first-order valence-corrected chi connectivity index (χ1v) is 12.7. The van der Waals surface area contributed by atoms with Crippen molar-refractivity contribution < 1.29 is 4.79 Å². The number of likely N-dealkylation sites (N-methyl/N-ethyl adjacent to an activating group) is 1. The molecule has 184 valence electrons. The number of dihydropyridines is 1. The number of rotatable bonds is 6. The molecular weight excluding hydrogens is 422 g/mol. The van der Waals surface area contributed by atoms with Crippen LogP contribution in [0, 0.1) is 6.92 Å². The molecule has 0 aromatic heterocycles. The van der Waals surface area contributed by atoms with Gasteiger partial charge >= 0.3 is 0 Å². The topological polar surface area (TPSA) is 50.9 Å². The fourth-order valence-electron chi connectivity index (χ4n) is 5.53. The third-order valence-corrected chi connectivity index (χ3v) is 7.78. The van der Waals surface area contributed by atoms with Crippen LogP contribution in [0.4, 0.5) is 11.4 Å². The van der Waals surface area contributed by atoms with Gasteiger partial charge in [0.25, 0.3) is 5.91 Å². The quantitative estimate of drug-likeness (QED) is 0.663. The second-order valence-corrected chi connectivity index (χ2v) is 10.3. The Morgan fingerprint density at radius 1 is 1.15 bits per heavy atom. The summed E-state index contributed by atoms with van der Waals surface area (Å²) in [6.07, 6.45) is 7.14. The number of hydrogen-bond acceptors (Lipinski definition) is 5. The van der Waals surface area contributed by atoms with Gasteiger partial charge in [0.15, 0.2) is 0 Å². The Morgan fingerprint density at radius 3 is 2.47 bits per heavy atom. The first kappa shape index (κ1) is 24.4. The summed E-state index contributed by atoms with van der Waals surface area (Å²) in [5.41, 5.74) is 8.31. The number of carbonyl (C=O) groups is 1.